The molecule has 0 aliphatic carbocycles. The molecule has 0 fully saturated rings. The lowest BCUT2D eigenvalue weighted by Crippen LogP contribution is -2.52. The number of hydrogen-bond donors (Lipinski definition) is 0. The number of methoxy groups -OCH3 is 2. The third-order valence-electron chi connectivity index (χ3n) is 10.9. The minimum absolute atomic E-state index is 0.0861. The van der Waals surface area contributed by atoms with Crippen molar-refractivity contribution in [1.29, 1.82) is 0 Å². The van der Waals surface area contributed by atoms with E-state index in [1.807, 2.05) is 0 Å². The zero-order valence-electron chi connectivity index (χ0n) is 33.5. The Hall–Kier alpha value is -3.64. The van der Waals surface area contributed by atoms with E-state index in [9.17, 15) is 0 Å². The van der Waals surface area contributed by atoms with Crippen molar-refractivity contribution in [3.63, 3.8) is 0 Å². The predicted molar refractivity (Wildman–Crippen MR) is 222 cm³/mol. The van der Waals surface area contributed by atoms with Crippen molar-refractivity contribution < 1.29 is 28.1 Å². The first-order valence-corrected chi connectivity index (χ1v) is 21.0. The van der Waals surface area contributed by atoms with Crippen molar-refractivity contribution in [2.75, 3.05) is 14.2 Å². The number of rotatable bonds is 30. The van der Waals surface area contributed by atoms with Crippen LogP contribution < -0.4 is 13.8 Å². The number of unbranched alkanes of at least 4 members (excludes halogenated alkanes) is 16. The number of ether oxygens (including phenoxy) is 2. The highest BCUT2D eigenvalue weighted by atomic mass is 35.5. The van der Waals surface area contributed by atoms with E-state index in [-0.39, 0.29) is 22.4 Å². The summed E-state index contributed by atoms with van der Waals surface area (Å²) in [6, 6.07) is 20.3. The Labute approximate surface area is 330 Å². The lowest BCUT2D eigenvalue weighted by molar-refractivity contribution is 0.0457. The van der Waals surface area contributed by atoms with Gasteiger partial charge in [0, 0.05) is 0 Å². The van der Waals surface area contributed by atoms with Gasteiger partial charge < -0.3 is 13.8 Å². The number of carbonyl (C=O) groups excluding carboxylic acids is 3. The van der Waals surface area contributed by atoms with E-state index >= 15 is 14.4 Å². The van der Waals surface area contributed by atoms with E-state index in [0.717, 1.165) is 51.4 Å². The molecule has 1 unspecified atom stereocenters. The summed E-state index contributed by atoms with van der Waals surface area (Å²) in [7, 11) is 2.99. The first-order chi connectivity index (χ1) is 26.4. The van der Waals surface area contributed by atoms with E-state index < -0.39 is 28.7 Å². The molecule has 0 heterocycles. The van der Waals surface area contributed by atoms with Crippen molar-refractivity contribution in [3.8, 4) is 17.2 Å². The average Bonchev–Trinajstić information content (AvgIpc) is 3.21. The molecule has 3 aromatic rings. The number of hydrogen-bond acceptors (Lipinski definition) is 6. The lowest BCUT2D eigenvalue weighted by Gasteiger charge is -2.38. The van der Waals surface area contributed by atoms with Gasteiger partial charge in [-0.25, -0.2) is 0 Å². The first-order valence-electron chi connectivity index (χ1n) is 20.7. The largest absolute Gasteiger partial charge is 0.496 e. The molecule has 0 spiro atoms. The first kappa shape index (κ1) is 44.8. The second kappa shape index (κ2) is 25.4. The van der Waals surface area contributed by atoms with E-state index in [2.05, 4.69) is 13.8 Å². The topological polar surface area (TPSA) is 78.9 Å². The maximum atomic E-state index is 15.6. The summed E-state index contributed by atoms with van der Waals surface area (Å²) in [5.74, 6) is -1.69. The molecule has 0 saturated carbocycles. The van der Waals surface area contributed by atoms with Gasteiger partial charge in [0.15, 0.2) is 28.5 Å². The molecular weight excluding hydrogens is 696 g/mol. The van der Waals surface area contributed by atoms with E-state index in [0.29, 0.717) is 24.3 Å². The number of Topliss-reactive ketones (excluding diaryl/α,β-unsaturated/α-hetero) is 3. The highest BCUT2D eigenvalue weighted by Crippen LogP contribution is 2.47. The molecule has 0 amide bonds. The Morgan fingerprint density at radius 2 is 0.778 bits per heavy atom. The summed E-state index contributed by atoms with van der Waals surface area (Å²) in [6.07, 6.45) is 21.5. The molecule has 1 atom stereocenters. The Morgan fingerprint density at radius 1 is 0.481 bits per heavy atom. The minimum atomic E-state index is -2.16. The quantitative estimate of drug-likeness (QED) is 0.0382. The Balaban J connectivity index is 2.15. The van der Waals surface area contributed by atoms with Crippen LogP contribution in [0.4, 0.5) is 0 Å². The number of carbonyl (C=O) groups is 3. The fourth-order valence-electron chi connectivity index (χ4n) is 7.87. The Kier molecular flexibility index (Phi) is 21.1. The van der Waals surface area contributed by atoms with Crippen molar-refractivity contribution >= 4 is 29.2 Å². The SMILES string of the molecule is CCCCCCCCCCCCC(CCCCCCCCCC)C(C(=O)c1ccccc1OC)(C(=O)c1ccccc1OC)C(=O)c1ccccc1OCl. The summed E-state index contributed by atoms with van der Waals surface area (Å²) in [6.45, 7) is 4.46. The van der Waals surface area contributed by atoms with Crippen LogP contribution in [0.2, 0.25) is 0 Å². The van der Waals surface area contributed by atoms with Gasteiger partial charge in [-0.15, -0.1) is 0 Å². The Bertz CT molecular complexity index is 1410. The summed E-state index contributed by atoms with van der Waals surface area (Å²) >= 11 is 5.98. The number of benzene rings is 3. The van der Waals surface area contributed by atoms with Crippen molar-refractivity contribution in [3.05, 3.63) is 89.5 Å². The van der Waals surface area contributed by atoms with Crippen LogP contribution in [0.1, 0.15) is 173 Å². The molecule has 3 rings (SSSR count). The monoisotopic (exact) mass is 760 g/mol. The van der Waals surface area contributed by atoms with Crippen molar-refractivity contribution in [2.24, 2.45) is 11.3 Å². The second-order valence-corrected chi connectivity index (χ2v) is 14.9. The summed E-state index contributed by atoms with van der Waals surface area (Å²) in [5, 5.41) is 0. The summed E-state index contributed by atoms with van der Waals surface area (Å²) in [4.78, 5) is 46.8. The molecule has 0 saturated heterocycles. The summed E-state index contributed by atoms with van der Waals surface area (Å²) < 4.78 is 16.6. The smallest absolute Gasteiger partial charge is 0.188 e. The highest BCUT2D eigenvalue weighted by Gasteiger charge is 2.58. The third kappa shape index (κ3) is 12.4. The fraction of sp³-hybridized carbons (Fsp3) is 0.553. The fourth-order valence-corrected chi connectivity index (χ4v) is 8.00. The maximum Gasteiger partial charge on any atom is 0.188 e. The average molecular weight is 761 g/mol. The molecule has 0 radical (unpaired) electrons. The minimum Gasteiger partial charge on any atom is -0.496 e. The van der Waals surface area contributed by atoms with Crippen LogP contribution in [0.15, 0.2) is 72.8 Å². The van der Waals surface area contributed by atoms with Crippen LogP contribution in [0.5, 0.6) is 17.2 Å². The van der Waals surface area contributed by atoms with Gasteiger partial charge in [-0.05, 0) is 55.2 Å². The standard InChI is InChI=1S/C47H65ClO6/c1-5-7-9-11-13-15-16-18-20-22-30-37(29-21-19-17-14-12-10-8-6-2)47(44(49)38-31-23-26-34-41(38)52-3,45(50)39-32-24-27-35-42(39)53-4)46(51)40-33-25-28-36-43(40)54-48/h23-28,31-37H,5-22,29-30H2,1-4H3. The number of ketones is 3. The molecule has 7 heteroatoms. The lowest BCUT2D eigenvalue weighted by atomic mass is 9.59. The van der Waals surface area contributed by atoms with E-state index in [4.69, 9.17) is 25.6 Å². The molecule has 0 aliphatic heterocycles. The van der Waals surface area contributed by atoms with Gasteiger partial charge in [0.25, 0.3) is 0 Å². The van der Waals surface area contributed by atoms with Crippen LogP contribution in [-0.2, 0) is 0 Å². The zero-order valence-corrected chi connectivity index (χ0v) is 34.2. The van der Waals surface area contributed by atoms with Crippen LogP contribution in [0, 0.1) is 11.3 Å². The molecule has 0 aromatic heterocycles. The van der Waals surface area contributed by atoms with E-state index in [1.165, 1.54) is 78.4 Å². The molecule has 6 nitrogen and oxygen atoms in total. The van der Waals surface area contributed by atoms with Crippen molar-refractivity contribution in [2.45, 2.75) is 142 Å². The molecule has 54 heavy (non-hydrogen) atoms. The maximum absolute atomic E-state index is 15.6. The van der Waals surface area contributed by atoms with Gasteiger partial charge in [0.05, 0.1) is 30.9 Å². The van der Waals surface area contributed by atoms with Gasteiger partial charge in [-0.2, -0.15) is 0 Å². The molecule has 0 bridgehead atoms. The number of halogens is 1. The van der Waals surface area contributed by atoms with Crippen LogP contribution >= 0.6 is 11.9 Å². The number of para-hydroxylation sites is 3. The van der Waals surface area contributed by atoms with Gasteiger partial charge in [-0.1, -0.05) is 166 Å². The van der Waals surface area contributed by atoms with Gasteiger partial charge in [0.2, 0.25) is 0 Å². The highest BCUT2D eigenvalue weighted by molar-refractivity contribution is 6.37. The van der Waals surface area contributed by atoms with Gasteiger partial charge in [-0.3, -0.25) is 14.4 Å². The van der Waals surface area contributed by atoms with Crippen LogP contribution in [0.25, 0.3) is 0 Å². The Morgan fingerprint density at radius 3 is 1.11 bits per heavy atom. The molecule has 0 aliphatic rings. The van der Waals surface area contributed by atoms with Crippen LogP contribution in [0.3, 0.4) is 0 Å². The third-order valence-corrected chi connectivity index (χ3v) is 11.1. The molecule has 3 aromatic carbocycles. The second-order valence-electron chi connectivity index (χ2n) is 14.7. The van der Waals surface area contributed by atoms with Crippen molar-refractivity contribution in [1.82, 2.24) is 0 Å². The van der Waals surface area contributed by atoms with Gasteiger partial charge in [0.1, 0.15) is 23.4 Å². The molecule has 296 valence electrons. The van der Waals surface area contributed by atoms with Gasteiger partial charge >= 0.3 is 0 Å². The van der Waals surface area contributed by atoms with E-state index in [1.54, 1.807) is 72.8 Å². The molecular formula is C47H65ClO6. The summed E-state index contributed by atoms with van der Waals surface area (Å²) in [5.41, 5.74) is -1.70. The van der Waals surface area contributed by atoms with Crippen LogP contribution in [-0.4, -0.2) is 31.6 Å². The predicted octanol–water partition coefficient (Wildman–Crippen LogP) is 13.6. The molecule has 0 N–H and O–H groups in total. The normalized spacial score (nSPS) is 11.9. The zero-order chi connectivity index (χ0) is 39.0.